The number of nitro benzene ring substituents is 1. The molecular formula is C17H14FN3O5. The minimum Gasteiger partial charge on any atom is -0.294 e. The van der Waals surface area contributed by atoms with Gasteiger partial charge in [0.15, 0.2) is 5.78 Å². The minimum atomic E-state index is -0.730. The zero-order valence-electron chi connectivity index (χ0n) is 13.4. The molecule has 0 atom stereocenters. The summed E-state index contributed by atoms with van der Waals surface area (Å²) < 4.78 is 12.8. The number of carbonyl (C=O) groups excluding carboxylic acids is 3. The van der Waals surface area contributed by atoms with Crippen LogP contribution in [-0.2, 0) is 4.79 Å². The average molecular weight is 359 g/mol. The van der Waals surface area contributed by atoms with Crippen LogP contribution in [0.2, 0.25) is 0 Å². The Hall–Kier alpha value is -3.62. The zero-order chi connectivity index (χ0) is 19.1. The fraction of sp³-hybridized carbons (Fsp3) is 0.118. The van der Waals surface area contributed by atoms with E-state index in [2.05, 4.69) is 10.9 Å². The van der Waals surface area contributed by atoms with E-state index in [0.29, 0.717) is 0 Å². The summed E-state index contributed by atoms with van der Waals surface area (Å²) >= 11 is 0. The summed E-state index contributed by atoms with van der Waals surface area (Å²) in [6.07, 6.45) is -0.310. The number of non-ortho nitro benzene ring substituents is 1. The first-order chi connectivity index (χ1) is 12.4. The van der Waals surface area contributed by atoms with Gasteiger partial charge in [0.1, 0.15) is 5.82 Å². The van der Waals surface area contributed by atoms with Crippen molar-refractivity contribution in [1.29, 1.82) is 0 Å². The highest BCUT2D eigenvalue weighted by Gasteiger charge is 2.13. The van der Waals surface area contributed by atoms with Crippen molar-refractivity contribution >= 4 is 23.3 Å². The van der Waals surface area contributed by atoms with E-state index in [1.165, 1.54) is 30.3 Å². The second-order valence-corrected chi connectivity index (χ2v) is 5.24. The quantitative estimate of drug-likeness (QED) is 0.465. The molecule has 0 aliphatic carbocycles. The van der Waals surface area contributed by atoms with Gasteiger partial charge in [0.05, 0.1) is 4.92 Å². The minimum absolute atomic E-state index is 0.00175. The highest BCUT2D eigenvalue weighted by Crippen LogP contribution is 2.12. The van der Waals surface area contributed by atoms with Gasteiger partial charge in [0, 0.05) is 36.1 Å². The Morgan fingerprint density at radius 1 is 0.962 bits per heavy atom. The van der Waals surface area contributed by atoms with Crippen LogP contribution in [-0.4, -0.2) is 22.5 Å². The molecule has 0 radical (unpaired) electrons. The molecule has 0 aliphatic rings. The fourth-order valence-electron chi connectivity index (χ4n) is 2.03. The van der Waals surface area contributed by atoms with Crippen molar-refractivity contribution in [1.82, 2.24) is 10.9 Å². The SMILES string of the molecule is O=C(CCC(=O)c1ccc(F)cc1)NNC(=O)c1cccc([N+](=O)[O-])c1. The van der Waals surface area contributed by atoms with Crippen molar-refractivity contribution in [3.05, 3.63) is 75.6 Å². The van der Waals surface area contributed by atoms with E-state index in [1.807, 2.05) is 0 Å². The van der Waals surface area contributed by atoms with Crippen LogP contribution >= 0.6 is 0 Å². The molecule has 0 heterocycles. The average Bonchev–Trinajstić information content (AvgIpc) is 2.64. The molecular weight excluding hydrogens is 345 g/mol. The van der Waals surface area contributed by atoms with Crippen LogP contribution in [0, 0.1) is 15.9 Å². The summed E-state index contributed by atoms with van der Waals surface area (Å²) in [6.45, 7) is 0. The number of halogens is 1. The lowest BCUT2D eigenvalue weighted by Crippen LogP contribution is -2.41. The van der Waals surface area contributed by atoms with Crippen LogP contribution < -0.4 is 10.9 Å². The molecule has 0 aromatic heterocycles. The third-order valence-corrected chi connectivity index (χ3v) is 3.38. The number of hydrogen-bond donors (Lipinski definition) is 2. The molecule has 9 heteroatoms. The van der Waals surface area contributed by atoms with Crippen molar-refractivity contribution in [2.75, 3.05) is 0 Å². The van der Waals surface area contributed by atoms with E-state index in [1.54, 1.807) is 0 Å². The standard InChI is InChI=1S/C17H14FN3O5/c18-13-6-4-11(5-7-13)15(22)8-9-16(23)19-20-17(24)12-2-1-3-14(10-12)21(25)26/h1-7,10H,8-9H2,(H,19,23)(H,20,24). The Morgan fingerprint density at radius 2 is 1.65 bits per heavy atom. The molecule has 0 saturated heterocycles. The normalized spacial score (nSPS) is 10.0. The van der Waals surface area contributed by atoms with E-state index in [4.69, 9.17) is 0 Å². The molecule has 0 unspecified atom stereocenters. The zero-order valence-corrected chi connectivity index (χ0v) is 13.4. The summed E-state index contributed by atoms with van der Waals surface area (Å²) in [5.41, 5.74) is 4.26. The first-order valence-electron chi connectivity index (χ1n) is 7.49. The van der Waals surface area contributed by atoms with Crippen LogP contribution in [0.25, 0.3) is 0 Å². The lowest BCUT2D eigenvalue weighted by molar-refractivity contribution is -0.384. The van der Waals surface area contributed by atoms with Crippen LogP contribution in [0.3, 0.4) is 0 Å². The Balaban J connectivity index is 1.82. The lowest BCUT2D eigenvalue weighted by Gasteiger charge is -2.07. The molecule has 0 spiro atoms. The van der Waals surface area contributed by atoms with E-state index in [9.17, 15) is 28.9 Å². The molecule has 2 aromatic carbocycles. The van der Waals surface area contributed by atoms with Gasteiger partial charge in [-0.25, -0.2) is 4.39 Å². The molecule has 134 valence electrons. The monoisotopic (exact) mass is 359 g/mol. The maximum absolute atomic E-state index is 12.8. The third-order valence-electron chi connectivity index (χ3n) is 3.38. The Morgan fingerprint density at radius 3 is 2.31 bits per heavy atom. The molecule has 0 bridgehead atoms. The van der Waals surface area contributed by atoms with Gasteiger partial charge in [-0.3, -0.25) is 35.3 Å². The number of hydrazine groups is 1. The van der Waals surface area contributed by atoms with Gasteiger partial charge in [-0.1, -0.05) is 6.07 Å². The number of ketones is 1. The lowest BCUT2D eigenvalue weighted by atomic mass is 10.1. The molecule has 0 saturated carbocycles. The number of amides is 2. The Bertz CT molecular complexity index is 852. The highest BCUT2D eigenvalue weighted by molar-refractivity contribution is 5.99. The Labute approximate surface area is 147 Å². The molecule has 0 aliphatic heterocycles. The molecule has 2 rings (SSSR count). The predicted molar refractivity (Wildman–Crippen MR) is 88.7 cm³/mol. The highest BCUT2D eigenvalue weighted by atomic mass is 19.1. The maximum Gasteiger partial charge on any atom is 0.270 e. The van der Waals surface area contributed by atoms with Gasteiger partial charge in [-0.05, 0) is 30.3 Å². The number of carbonyl (C=O) groups is 3. The van der Waals surface area contributed by atoms with Crippen LogP contribution in [0.4, 0.5) is 10.1 Å². The number of benzene rings is 2. The summed E-state index contributed by atoms with van der Waals surface area (Å²) in [4.78, 5) is 45.5. The van der Waals surface area contributed by atoms with E-state index >= 15 is 0 Å². The molecule has 2 amide bonds. The van der Waals surface area contributed by atoms with Gasteiger partial charge < -0.3 is 0 Å². The van der Waals surface area contributed by atoms with Gasteiger partial charge in [-0.15, -0.1) is 0 Å². The Kier molecular flexibility index (Phi) is 6.10. The van der Waals surface area contributed by atoms with Crippen LogP contribution in [0.5, 0.6) is 0 Å². The number of nitro groups is 1. The number of rotatable bonds is 6. The first-order valence-corrected chi connectivity index (χ1v) is 7.49. The number of hydrogen-bond acceptors (Lipinski definition) is 5. The second-order valence-electron chi connectivity index (χ2n) is 5.24. The van der Waals surface area contributed by atoms with Gasteiger partial charge in [0.25, 0.3) is 11.6 Å². The summed E-state index contributed by atoms with van der Waals surface area (Å²) in [5, 5.41) is 10.7. The summed E-state index contributed by atoms with van der Waals surface area (Å²) in [5.74, 6) is -2.15. The van der Waals surface area contributed by atoms with Crippen LogP contribution in [0.1, 0.15) is 33.6 Å². The molecule has 8 nitrogen and oxygen atoms in total. The van der Waals surface area contributed by atoms with Crippen molar-refractivity contribution in [3.8, 4) is 0 Å². The summed E-state index contributed by atoms with van der Waals surface area (Å²) in [7, 11) is 0. The smallest absolute Gasteiger partial charge is 0.270 e. The number of nitrogens with one attached hydrogen (secondary N) is 2. The predicted octanol–water partition coefficient (Wildman–Crippen LogP) is 2.16. The van der Waals surface area contributed by atoms with Gasteiger partial charge >= 0.3 is 0 Å². The van der Waals surface area contributed by atoms with Crippen molar-refractivity contribution in [2.45, 2.75) is 12.8 Å². The number of nitrogens with zero attached hydrogens (tertiary/aromatic N) is 1. The van der Waals surface area contributed by atoms with E-state index in [0.717, 1.165) is 18.2 Å². The molecule has 26 heavy (non-hydrogen) atoms. The van der Waals surface area contributed by atoms with Crippen molar-refractivity contribution in [3.63, 3.8) is 0 Å². The topological polar surface area (TPSA) is 118 Å². The van der Waals surface area contributed by atoms with Gasteiger partial charge in [-0.2, -0.15) is 0 Å². The first kappa shape index (κ1) is 18.7. The molecule has 2 N–H and O–H groups in total. The number of Topliss-reactive ketones (excluding diaryl/α,β-unsaturated/α-hetero) is 1. The van der Waals surface area contributed by atoms with Gasteiger partial charge in [0.2, 0.25) is 5.91 Å². The van der Waals surface area contributed by atoms with E-state index < -0.39 is 22.6 Å². The molecule has 2 aromatic rings. The van der Waals surface area contributed by atoms with Crippen molar-refractivity contribution < 1.29 is 23.7 Å². The second kappa shape index (κ2) is 8.47. The maximum atomic E-state index is 12.8. The molecule has 0 fully saturated rings. The largest absolute Gasteiger partial charge is 0.294 e. The van der Waals surface area contributed by atoms with Crippen molar-refractivity contribution in [2.24, 2.45) is 0 Å². The fourth-order valence-corrected chi connectivity index (χ4v) is 2.03. The van der Waals surface area contributed by atoms with E-state index in [-0.39, 0.29) is 35.4 Å². The van der Waals surface area contributed by atoms with Crippen LogP contribution in [0.15, 0.2) is 48.5 Å². The summed E-state index contributed by atoms with van der Waals surface area (Å²) in [6, 6.07) is 9.93. The third kappa shape index (κ3) is 5.20.